The zero-order valence-corrected chi connectivity index (χ0v) is 13.6. The van der Waals surface area contributed by atoms with Gasteiger partial charge in [-0.1, -0.05) is 44.2 Å². The maximum Gasteiger partial charge on any atom is 0.320 e. The number of aliphatic carboxylic acids is 1. The van der Waals surface area contributed by atoms with E-state index in [1.54, 1.807) is 0 Å². The summed E-state index contributed by atoms with van der Waals surface area (Å²) in [5.74, 6) is -1.29. The molecule has 0 aliphatic heterocycles. The molecule has 1 rings (SSSR count). The van der Waals surface area contributed by atoms with Gasteiger partial charge < -0.3 is 10.8 Å². The number of hydrogen-bond acceptors (Lipinski definition) is 4. The molecule has 1 aromatic carbocycles. The fourth-order valence-corrected chi connectivity index (χ4v) is 3.03. The Labute approximate surface area is 131 Å². The average Bonchev–Trinajstić information content (AvgIpc) is 2.46. The molecule has 22 heavy (non-hydrogen) atoms. The number of benzene rings is 1. The highest BCUT2D eigenvalue weighted by atomic mass is 32.2. The molecule has 0 aromatic heterocycles. The molecular weight excluding hydrogens is 304 g/mol. The van der Waals surface area contributed by atoms with E-state index in [-0.39, 0.29) is 17.6 Å². The number of rotatable bonds is 8. The Morgan fingerprint density at radius 2 is 1.95 bits per heavy atom. The molecule has 1 aromatic rings. The largest absolute Gasteiger partial charge is 0.480 e. The predicted octanol–water partition coefficient (Wildman–Crippen LogP) is 1.56. The molecule has 6 nitrogen and oxygen atoms in total. The first kappa shape index (κ1) is 18.3. The summed E-state index contributed by atoms with van der Waals surface area (Å²) in [6.07, 6.45) is 1.36. The van der Waals surface area contributed by atoms with E-state index in [0.717, 1.165) is 11.8 Å². The summed E-state index contributed by atoms with van der Waals surface area (Å²) < 4.78 is 27.2. The number of sulfonamides is 1. The lowest BCUT2D eigenvalue weighted by atomic mass is 9.82. The van der Waals surface area contributed by atoms with Gasteiger partial charge in [-0.3, -0.25) is 4.79 Å². The van der Waals surface area contributed by atoms with Crippen molar-refractivity contribution in [2.75, 3.05) is 5.75 Å². The van der Waals surface area contributed by atoms with Crippen molar-refractivity contribution in [1.29, 1.82) is 0 Å². The number of hydrogen-bond donors (Lipinski definition) is 2. The summed E-state index contributed by atoms with van der Waals surface area (Å²) in [7, 11) is -3.62. The van der Waals surface area contributed by atoms with Gasteiger partial charge in [-0.05, 0) is 17.4 Å². The molecule has 0 amide bonds. The van der Waals surface area contributed by atoms with Crippen LogP contribution in [-0.2, 0) is 20.2 Å². The van der Waals surface area contributed by atoms with Crippen LogP contribution < -0.4 is 5.73 Å². The number of carboxylic acid groups (broad SMARTS) is 1. The number of nitrogens with zero attached hydrogens (tertiary/aromatic N) is 1. The molecule has 0 spiro atoms. The van der Waals surface area contributed by atoms with Crippen molar-refractivity contribution in [3.63, 3.8) is 0 Å². The van der Waals surface area contributed by atoms with Gasteiger partial charge >= 0.3 is 5.97 Å². The van der Waals surface area contributed by atoms with Crippen molar-refractivity contribution < 1.29 is 18.3 Å². The van der Waals surface area contributed by atoms with Gasteiger partial charge in [0.1, 0.15) is 6.04 Å². The number of carboxylic acids is 1. The lowest BCUT2D eigenvalue weighted by molar-refractivity contribution is -0.138. The highest BCUT2D eigenvalue weighted by Crippen LogP contribution is 2.27. The lowest BCUT2D eigenvalue weighted by Crippen LogP contribution is -2.30. The minimum Gasteiger partial charge on any atom is -0.480 e. The molecular formula is C15H22N2O4S. The van der Waals surface area contributed by atoms with Crippen molar-refractivity contribution in [3.05, 3.63) is 35.9 Å². The van der Waals surface area contributed by atoms with Crippen LogP contribution in [0, 0.1) is 0 Å². The van der Waals surface area contributed by atoms with E-state index >= 15 is 0 Å². The SMILES string of the molecule is CC(C)(CCS(=O)(=O)N=CC[C@H](N)C(=O)O)c1ccccc1. The third-order valence-electron chi connectivity index (χ3n) is 3.45. The number of carbonyl (C=O) groups is 1. The van der Waals surface area contributed by atoms with Crippen LogP contribution in [-0.4, -0.2) is 37.5 Å². The Balaban J connectivity index is 2.62. The van der Waals surface area contributed by atoms with Crippen LogP contribution in [0.4, 0.5) is 0 Å². The fourth-order valence-electron chi connectivity index (χ4n) is 1.84. The third-order valence-corrected chi connectivity index (χ3v) is 4.64. The van der Waals surface area contributed by atoms with Crippen LogP contribution in [0.1, 0.15) is 32.3 Å². The Hall–Kier alpha value is -1.73. The van der Waals surface area contributed by atoms with E-state index < -0.39 is 22.0 Å². The van der Waals surface area contributed by atoms with E-state index in [1.807, 2.05) is 44.2 Å². The second kappa shape index (κ2) is 7.51. The summed E-state index contributed by atoms with van der Waals surface area (Å²) in [6, 6.07) is 8.52. The van der Waals surface area contributed by atoms with Crippen LogP contribution in [0.3, 0.4) is 0 Å². The highest BCUT2D eigenvalue weighted by molar-refractivity contribution is 7.90. The maximum atomic E-state index is 11.9. The van der Waals surface area contributed by atoms with Gasteiger partial charge in [0.2, 0.25) is 0 Å². The van der Waals surface area contributed by atoms with Gasteiger partial charge in [-0.25, -0.2) is 8.42 Å². The normalized spacial score (nSPS) is 14.1. The molecule has 0 radical (unpaired) electrons. The van der Waals surface area contributed by atoms with Crippen molar-refractivity contribution in [2.24, 2.45) is 10.1 Å². The smallest absolute Gasteiger partial charge is 0.320 e. The molecule has 0 unspecified atom stereocenters. The Morgan fingerprint density at radius 1 is 1.36 bits per heavy atom. The van der Waals surface area contributed by atoms with Gasteiger partial charge in [0.05, 0.1) is 5.75 Å². The van der Waals surface area contributed by atoms with Gasteiger partial charge in [-0.2, -0.15) is 4.40 Å². The van der Waals surface area contributed by atoms with Crippen molar-refractivity contribution in [1.82, 2.24) is 0 Å². The van der Waals surface area contributed by atoms with E-state index in [2.05, 4.69) is 4.40 Å². The zero-order chi connectivity index (χ0) is 16.8. The molecule has 122 valence electrons. The summed E-state index contributed by atoms with van der Waals surface area (Å²) in [5, 5.41) is 8.61. The first-order valence-corrected chi connectivity index (χ1v) is 8.55. The van der Waals surface area contributed by atoms with Crippen LogP contribution in [0.25, 0.3) is 0 Å². The van der Waals surface area contributed by atoms with E-state index in [1.165, 1.54) is 0 Å². The Morgan fingerprint density at radius 3 is 2.50 bits per heavy atom. The standard InChI is InChI=1S/C15H22N2O4S/c1-15(2,12-6-4-3-5-7-12)9-11-22(20,21)17-10-8-13(16)14(18)19/h3-7,10,13H,8-9,11,16H2,1-2H3,(H,18,19)/t13-/m0/s1. The minimum atomic E-state index is -3.62. The summed E-state index contributed by atoms with van der Waals surface area (Å²) >= 11 is 0. The fraction of sp³-hybridized carbons (Fsp3) is 0.467. The van der Waals surface area contributed by atoms with E-state index in [4.69, 9.17) is 10.8 Å². The van der Waals surface area contributed by atoms with Crippen molar-refractivity contribution in [3.8, 4) is 0 Å². The maximum absolute atomic E-state index is 11.9. The number of nitrogens with two attached hydrogens (primary N) is 1. The Kier molecular flexibility index (Phi) is 6.25. The van der Waals surface area contributed by atoms with Crippen LogP contribution >= 0.6 is 0 Å². The molecule has 3 N–H and O–H groups in total. The predicted molar refractivity (Wildman–Crippen MR) is 86.6 cm³/mol. The highest BCUT2D eigenvalue weighted by Gasteiger charge is 2.23. The second-order valence-corrected chi connectivity index (χ2v) is 7.54. The van der Waals surface area contributed by atoms with Crippen LogP contribution in [0.15, 0.2) is 34.7 Å². The molecule has 0 bridgehead atoms. The molecule has 0 aliphatic carbocycles. The molecule has 0 aliphatic rings. The van der Waals surface area contributed by atoms with Gasteiger partial charge in [0, 0.05) is 12.6 Å². The van der Waals surface area contributed by atoms with Crippen molar-refractivity contribution in [2.45, 2.75) is 38.1 Å². The van der Waals surface area contributed by atoms with Gasteiger partial charge in [-0.15, -0.1) is 0 Å². The molecule has 0 heterocycles. The van der Waals surface area contributed by atoms with Gasteiger partial charge in [0.25, 0.3) is 10.0 Å². The molecule has 0 fully saturated rings. The molecule has 0 saturated carbocycles. The van der Waals surface area contributed by atoms with Gasteiger partial charge in [0.15, 0.2) is 0 Å². The summed E-state index contributed by atoms with van der Waals surface area (Å²) in [4.78, 5) is 10.5. The first-order chi connectivity index (χ1) is 10.1. The average molecular weight is 326 g/mol. The second-order valence-electron chi connectivity index (χ2n) is 5.75. The topological polar surface area (TPSA) is 110 Å². The summed E-state index contributed by atoms with van der Waals surface area (Å²) in [5.41, 5.74) is 6.05. The Bertz CT molecular complexity index is 624. The van der Waals surface area contributed by atoms with Crippen LogP contribution in [0.2, 0.25) is 0 Å². The van der Waals surface area contributed by atoms with Crippen molar-refractivity contribution >= 4 is 22.2 Å². The quantitative estimate of drug-likeness (QED) is 0.704. The van der Waals surface area contributed by atoms with E-state index in [9.17, 15) is 13.2 Å². The molecule has 0 saturated heterocycles. The summed E-state index contributed by atoms with van der Waals surface area (Å²) in [6.45, 7) is 3.95. The zero-order valence-electron chi connectivity index (χ0n) is 12.8. The van der Waals surface area contributed by atoms with E-state index in [0.29, 0.717) is 6.42 Å². The third kappa shape index (κ3) is 5.95. The lowest BCUT2D eigenvalue weighted by Gasteiger charge is -2.24. The molecule has 1 atom stereocenters. The molecule has 7 heteroatoms. The first-order valence-electron chi connectivity index (χ1n) is 6.94. The van der Waals surface area contributed by atoms with Crippen LogP contribution in [0.5, 0.6) is 0 Å². The minimum absolute atomic E-state index is 0.103. The monoisotopic (exact) mass is 326 g/mol.